The van der Waals surface area contributed by atoms with Gasteiger partial charge in [0.15, 0.2) is 0 Å². The van der Waals surface area contributed by atoms with E-state index in [9.17, 15) is 9.59 Å². The van der Waals surface area contributed by atoms with E-state index in [1.165, 1.54) is 0 Å². The molecule has 3 rings (SSSR count). The van der Waals surface area contributed by atoms with Crippen molar-refractivity contribution in [3.05, 3.63) is 70.7 Å². The summed E-state index contributed by atoms with van der Waals surface area (Å²) >= 11 is 6.16. The maximum Gasteiger partial charge on any atom is 0.253 e. The Labute approximate surface area is 170 Å². The van der Waals surface area contributed by atoms with Crippen molar-refractivity contribution in [2.24, 2.45) is 5.73 Å². The number of benzene rings is 2. The number of halogens is 1. The highest BCUT2D eigenvalue weighted by Crippen LogP contribution is 2.24. The van der Waals surface area contributed by atoms with Crippen molar-refractivity contribution >= 4 is 23.4 Å². The summed E-state index contributed by atoms with van der Waals surface area (Å²) < 4.78 is 0. The van der Waals surface area contributed by atoms with Gasteiger partial charge in [0.05, 0.1) is 23.0 Å². The highest BCUT2D eigenvalue weighted by atomic mass is 35.5. The van der Waals surface area contributed by atoms with Gasteiger partial charge in [-0.15, -0.1) is 0 Å². The summed E-state index contributed by atoms with van der Waals surface area (Å²) in [6.45, 7) is 1.19. The minimum atomic E-state index is -0.433. The summed E-state index contributed by atoms with van der Waals surface area (Å²) in [4.78, 5) is 27.7. The molecule has 2 aromatic rings. The van der Waals surface area contributed by atoms with Crippen LogP contribution in [0.25, 0.3) is 0 Å². The first-order valence-electron chi connectivity index (χ1n) is 9.70. The van der Waals surface area contributed by atoms with E-state index in [0.717, 1.165) is 31.4 Å². The summed E-state index contributed by atoms with van der Waals surface area (Å²) in [7, 11) is 0. The predicted molar refractivity (Wildman–Crippen MR) is 111 cm³/mol. The Kier molecular flexibility index (Phi) is 7.06. The van der Waals surface area contributed by atoms with Crippen LogP contribution in [0, 0.1) is 0 Å². The van der Waals surface area contributed by atoms with E-state index in [-0.39, 0.29) is 24.3 Å². The number of nitrogens with one attached hydrogen (secondary N) is 1. The second-order valence-corrected chi connectivity index (χ2v) is 7.50. The van der Waals surface area contributed by atoms with Crippen LogP contribution < -0.4 is 11.1 Å². The molecule has 0 saturated carbocycles. The largest absolute Gasteiger partial charge is 0.345 e. The van der Waals surface area contributed by atoms with Crippen molar-refractivity contribution in [3.8, 4) is 0 Å². The van der Waals surface area contributed by atoms with Crippen LogP contribution in [0.3, 0.4) is 0 Å². The fraction of sp³-hybridized carbons (Fsp3) is 0.364. The maximum atomic E-state index is 13.0. The number of hydrogen-bond acceptors (Lipinski definition) is 3. The van der Waals surface area contributed by atoms with Crippen molar-refractivity contribution in [1.29, 1.82) is 0 Å². The fourth-order valence-corrected chi connectivity index (χ4v) is 3.91. The molecule has 1 heterocycles. The summed E-state index contributed by atoms with van der Waals surface area (Å²) in [5.74, 6) is -0.273. The molecule has 0 radical (unpaired) electrons. The van der Waals surface area contributed by atoms with E-state index >= 15 is 0 Å². The van der Waals surface area contributed by atoms with Crippen LogP contribution in [-0.4, -0.2) is 35.8 Å². The minimum Gasteiger partial charge on any atom is -0.345 e. The molecule has 2 unspecified atom stereocenters. The number of nitrogens with two attached hydrogens (primary N) is 1. The number of carbonyl (C=O) groups excluding carboxylic acids is 2. The first kappa shape index (κ1) is 20.4. The molecule has 28 heavy (non-hydrogen) atoms. The van der Waals surface area contributed by atoms with Gasteiger partial charge in [-0.2, -0.15) is 0 Å². The molecule has 0 aromatic heterocycles. The smallest absolute Gasteiger partial charge is 0.253 e. The molecule has 5 nitrogen and oxygen atoms in total. The first-order valence-corrected chi connectivity index (χ1v) is 10.1. The number of hydrogen-bond donors (Lipinski definition) is 2. The van der Waals surface area contributed by atoms with Crippen molar-refractivity contribution in [2.75, 3.05) is 13.1 Å². The van der Waals surface area contributed by atoms with Crippen LogP contribution in [0.4, 0.5) is 0 Å². The van der Waals surface area contributed by atoms with E-state index in [1.807, 2.05) is 35.2 Å². The van der Waals surface area contributed by atoms with Crippen LogP contribution in [0.2, 0.25) is 5.02 Å². The minimum absolute atomic E-state index is 0.0171. The van der Waals surface area contributed by atoms with E-state index in [4.69, 9.17) is 17.3 Å². The van der Waals surface area contributed by atoms with Crippen LogP contribution in [0.15, 0.2) is 54.6 Å². The molecule has 2 amide bonds. The number of likely N-dealkylation sites (tertiary alicyclic amines) is 1. The predicted octanol–water partition coefficient (Wildman–Crippen LogP) is 3.54. The van der Waals surface area contributed by atoms with Crippen molar-refractivity contribution in [1.82, 2.24) is 10.2 Å². The molecule has 148 valence electrons. The van der Waals surface area contributed by atoms with Gasteiger partial charge in [-0.3, -0.25) is 9.59 Å². The lowest BCUT2D eigenvalue weighted by molar-refractivity contribution is -0.135. The van der Waals surface area contributed by atoms with Gasteiger partial charge in [0, 0.05) is 19.1 Å². The molecule has 0 aliphatic carbocycles. The molecule has 1 saturated heterocycles. The summed E-state index contributed by atoms with van der Waals surface area (Å²) in [5, 5.41) is 3.38. The molecule has 6 heteroatoms. The van der Waals surface area contributed by atoms with E-state index in [0.29, 0.717) is 17.1 Å². The third kappa shape index (κ3) is 4.91. The van der Waals surface area contributed by atoms with Gasteiger partial charge in [-0.25, -0.2) is 0 Å². The Morgan fingerprint density at radius 2 is 1.82 bits per heavy atom. The molecular weight excluding hydrogens is 374 g/mol. The van der Waals surface area contributed by atoms with Gasteiger partial charge in [-0.05, 0) is 37.0 Å². The van der Waals surface area contributed by atoms with Gasteiger partial charge in [-0.1, -0.05) is 54.1 Å². The monoisotopic (exact) mass is 399 g/mol. The third-order valence-corrected chi connectivity index (χ3v) is 5.55. The average Bonchev–Trinajstić information content (AvgIpc) is 2.74. The standard InChI is InChI=1S/C22H26ClN3O2/c23-19-12-5-4-11-18(19)22(28)25-20(16-8-2-1-3-9-16)14-21(27)26-13-7-6-10-17(26)15-24/h1-5,8-9,11-12,17,20H,6-7,10,13-15,24H2,(H,25,28). The van der Waals surface area contributed by atoms with E-state index in [1.54, 1.807) is 24.3 Å². The lowest BCUT2D eigenvalue weighted by atomic mass is 9.98. The van der Waals surface area contributed by atoms with Crippen LogP contribution in [0.5, 0.6) is 0 Å². The highest BCUT2D eigenvalue weighted by Gasteiger charge is 2.28. The Balaban J connectivity index is 1.79. The van der Waals surface area contributed by atoms with Gasteiger partial charge in [0.1, 0.15) is 0 Å². The summed E-state index contributed by atoms with van der Waals surface area (Å²) in [6.07, 6.45) is 3.21. The highest BCUT2D eigenvalue weighted by molar-refractivity contribution is 6.33. The Hall–Kier alpha value is -2.37. The zero-order chi connectivity index (χ0) is 19.9. The molecule has 1 aliphatic heterocycles. The molecule has 2 aromatic carbocycles. The Morgan fingerprint density at radius 1 is 1.11 bits per heavy atom. The van der Waals surface area contributed by atoms with Crippen LogP contribution in [0.1, 0.15) is 47.6 Å². The van der Waals surface area contributed by atoms with E-state index < -0.39 is 6.04 Å². The van der Waals surface area contributed by atoms with Crippen molar-refractivity contribution in [2.45, 2.75) is 37.8 Å². The number of nitrogens with zero attached hydrogens (tertiary/aromatic N) is 1. The maximum absolute atomic E-state index is 13.0. The lowest BCUT2D eigenvalue weighted by Gasteiger charge is -2.36. The van der Waals surface area contributed by atoms with Crippen molar-refractivity contribution in [3.63, 3.8) is 0 Å². The molecular formula is C22H26ClN3O2. The van der Waals surface area contributed by atoms with Gasteiger partial charge >= 0.3 is 0 Å². The van der Waals surface area contributed by atoms with Gasteiger partial charge in [0.2, 0.25) is 5.91 Å². The van der Waals surface area contributed by atoms with Gasteiger partial charge in [0.25, 0.3) is 5.91 Å². The zero-order valence-corrected chi connectivity index (χ0v) is 16.6. The quantitative estimate of drug-likeness (QED) is 0.780. The average molecular weight is 400 g/mol. The number of piperidine rings is 1. The molecule has 3 N–H and O–H groups in total. The molecule has 0 spiro atoms. The lowest BCUT2D eigenvalue weighted by Crippen LogP contribution is -2.48. The van der Waals surface area contributed by atoms with Crippen LogP contribution >= 0.6 is 11.6 Å². The Morgan fingerprint density at radius 3 is 2.54 bits per heavy atom. The third-order valence-electron chi connectivity index (χ3n) is 5.22. The molecule has 0 bridgehead atoms. The summed E-state index contributed by atoms with van der Waals surface area (Å²) in [5.41, 5.74) is 7.15. The summed E-state index contributed by atoms with van der Waals surface area (Å²) in [6, 6.07) is 16.1. The van der Waals surface area contributed by atoms with Gasteiger partial charge < -0.3 is 16.0 Å². The second kappa shape index (κ2) is 9.71. The van der Waals surface area contributed by atoms with E-state index in [2.05, 4.69) is 5.32 Å². The fourth-order valence-electron chi connectivity index (χ4n) is 3.68. The molecule has 2 atom stereocenters. The SMILES string of the molecule is NCC1CCCCN1C(=O)CC(NC(=O)c1ccccc1Cl)c1ccccc1. The van der Waals surface area contributed by atoms with Crippen molar-refractivity contribution < 1.29 is 9.59 Å². The number of amides is 2. The topological polar surface area (TPSA) is 75.4 Å². The zero-order valence-electron chi connectivity index (χ0n) is 15.8. The molecule has 1 aliphatic rings. The second-order valence-electron chi connectivity index (χ2n) is 7.09. The number of carbonyl (C=O) groups is 2. The Bertz CT molecular complexity index is 812. The number of rotatable bonds is 6. The molecule has 1 fully saturated rings. The van der Waals surface area contributed by atoms with Crippen LogP contribution in [-0.2, 0) is 4.79 Å². The normalized spacial score (nSPS) is 17.8. The first-order chi connectivity index (χ1) is 13.6.